The Labute approximate surface area is 117 Å². The largest absolute Gasteiger partial charge is 0.323 e. The van der Waals surface area contributed by atoms with Crippen LogP contribution in [0, 0.1) is 5.92 Å². The Morgan fingerprint density at radius 1 is 1.32 bits per heavy atom. The van der Waals surface area contributed by atoms with Gasteiger partial charge in [-0.3, -0.25) is 10.1 Å². The summed E-state index contributed by atoms with van der Waals surface area (Å²) in [5.41, 5.74) is -0.136. The van der Waals surface area contributed by atoms with Crippen LogP contribution in [-0.4, -0.2) is 28.6 Å². The molecule has 1 amide bonds. The summed E-state index contributed by atoms with van der Waals surface area (Å²) in [6, 6.07) is 0.428. The van der Waals surface area contributed by atoms with Gasteiger partial charge in [-0.15, -0.1) is 0 Å². The molecule has 3 rings (SSSR count). The van der Waals surface area contributed by atoms with Crippen LogP contribution in [-0.2, 0) is 4.79 Å². The summed E-state index contributed by atoms with van der Waals surface area (Å²) in [6.45, 7) is 4.51. The molecule has 1 aliphatic heterocycles. The maximum atomic E-state index is 12.7. The number of nitrogens with one attached hydrogen (secondary N) is 1. The zero-order valence-corrected chi connectivity index (χ0v) is 12.5. The molecule has 0 radical (unpaired) electrons. The first-order chi connectivity index (χ1) is 9.18. The van der Waals surface area contributed by atoms with Crippen molar-refractivity contribution in [3.63, 3.8) is 0 Å². The molecule has 108 valence electrons. The number of carbonyl (C=O) groups is 1. The van der Waals surface area contributed by atoms with Crippen molar-refractivity contribution >= 4 is 5.91 Å². The van der Waals surface area contributed by atoms with Gasteiger partial charge in [0.25, 0.3) is 0 Å². The summed E-state index contributed by atoms with van der Waals surface area (Å²) in [6.07, 6.45) is 11.4. The highest BCUT2D eigenvalue weighted by Gasteiger charge is 2.59. The predicted molar refractivity (Wildman–Crippen MR) is 76.7 cm³/mol. The highest BCUT2D eigenvalue weighted by molar-refractivity contribution is 5.92. The van der Waals surface area contributed by atoms with Crippen LogP contribution in [0.15, 0.2) is 0 Å². The zero-order valence-electron chi connectivity index (χ0n) is 12.5. The lowest BCUT2D eigenvalue weighted by Crippen LogP contribution is -2.47. The summed E-state index contributed by atoms with van der Waals surface area (Å²) < 4.78 is 0. The van der Waals surface area contributed by atoms with Gasteiger partial charge in [0.2, 0.25) is 5.91 Å². The Hall–Kier alpha value is -0.570. The van der Waals surface area contributed by atoms with Crippen LogP contribution in [0.3, 0.4) is 0 Å². The van der Waals surface area contributed by atoms with Crippen molar-refractivity contribution in [2.45, 2.75) is 89.4 Å². The fourth-order valence-electron chi connectivity index (χ4n) is 4.12. The molecule has 2 unspecified atom stereocenters. The highest BCUT2D eigenvalue weighted by atomic mass is 16.2. The quantitative estimate of drug-likeness (QED) is 0.846. The maximum Gasteiger partial charge on any atom is 0.244 e. The Kier molecular flexibility index (Phi) is 3.59. The second kappa shape index (κ2) is 5.08. The number of carbonyl (C=O) groups excluding carboxylic acids is 1. The first kappa shape index (κ1) is 13.4. The van der Waals surface area contributed by atoms with Gasteiger partial charge in [0.15, 0.2) is 0 Å². The molecule has 19 heavy (non-hydrogen) atoms. The normalized spacial score (nSPS) is 32.0. The average Bonchev–Trinajstić information content (AvgIpc) is 3.15. The Morgan fingerprint density at radius 3 is 2.58 bits per heavy atom. The van der Waals surface area contributed by atoms with Crippen molar-refractivity contribution < 1.29 is 4.79 Å². The summed E-state index contributed by atoms with van der Waals surface area (Å²) in [7, 11) is 0. The summed E-state index contributed by atoms with van der Waals surface area (Å²) in [5, 5.41) is 3.64. The third-order valence-corrected chi connectivity index (χ3v) is 5.51. The van der Waals surface area contributed by atoms with E-state index >= 15 is 0 Å². The topological polar surface area (TPSA) is 32.3 Å². The van der Waals surface area contributed by atoms with Crippen LogP contribution in [0.5, 0.6) is 0 Å². The van der Waals surface area contributed by atoms with Crippen molar-refractivity contribution in [2.24, 2.45) is 5.92 Å². The van der Waals surface area contributed by atoms with Gasteiger partial charge in [-0.05, 0) is 44.9 Å². The molecule has 2 atom stereocenters. The van der Waals surface area contributed by atoms with Gasteiger partial charge in [-0.25, -0.2) is 0 Å². The molecule has 0 aromatic carbocycles. The van der Waals surface area contributed by atoms with E-state index in [0.29, 0.717) is 18.1 Å². The monoisotopic (exact) mass is 264 g/mol. The van der Waals surface area contributed by atoms with E-state index in [0.717, 1.165) is 31.6 Å². The lowest BCUT2D eigenvalue weighted by atomic mass is 9.83. The number of rotatable bonds is 4. The molecule has 3 nitrogen and oxygen atoms in total. The van der Waals surface area contributed by atoms with Gasteiger partial charge < -0.3 is 4.90 Å². The number of nitrogens with zero attached hydrogens (tertiary/aromatic N) is 1. The second-order valence-corrected chi connectivity index (χ2v) is 6.88. The smallest absolute Gasteiger partial charge is 0.244 e. The second-order valence-electron chi connectivity index (χ2n) is 6.88. The summed E-state index contributed by atoms with van der Waals surface area (Å²) >= 11 is 0. The minimum atomic E-state index is -0.136. The van der Waals surface area contributed by atoms with Gasteiger partial charge in [0, 0.05) is 6.04 Å². The third-order valence-electron chi connectivity index (χ3n) is 5.51. The third kappa shape index (κ3) is 2.31. The van der Waals surface area contributed by atoms with Crippen molar-refractivity contribution in [1.29, 1.82) is 0 Å². The van der Waals surface area contributed by atoms with Gasteiger partial charge in [-0.2, -0.15) is 0 Å². The van der Waals surface area contributed by atoms with E-state index in [1.54, 1.807) is 0 Å². The minimum absolute atomic E-state index is 0.136. The first-order valence-electron chi connectivity index (χ1n) is 8.28. The molecule has 3 aliphatic rings. The highest BCUT2D eigenvalue weighted by Crippen LogP contribution is 2.45. The lowest BCUT2D eigenvalue weighted by Gasteiger charge is -2.37. The van der Waals surface area contributed by atoms with E-state index in [4.69, 9.17) is 0 Å². The summed E-state index contributed by atoms with van der Waals surface area (Å²) in [4.78, 5) is 15.0. The SMILES string of the molecule is CCCC1NC2(CC2)C(=O)N1C(C)C1CCCCC1. The predicted octanol–water partition coefficient (Wildman–Crippen LogP) is 3.05. The van der Waals surface area contributed by atoms with E-state index in [9.17, 15) is 4.79 Å². The van der Waals surface area contributed by atoms with Crippen LogP contribution in [0.1, 0.15) is 71.6 Å². The molecule has 2 saturated carbocycles. The fraction of sp³-hybridized carbons (Fsp3) is 0.938. The standard InChI is InChI=1S/C16H28N2O/c1-3-7-14-17-16(10-11-16)15(19)18(14)12(2)13-8-5-4-6-9-13/h12-14,17H,3-11H2,1-2H3. The van der Waals surface area contributed by atoms with E-state index in [2.05, 4.69) is 24.1 Å². The minimum Gasteiger partial charge on any atom is -0.323 e. The van der Waals surface area contributed by atoms with E-state index in [1.165, 1.54) is 32.1 Å². The van der Waals surface area contributed by atoms with Crippen molar-refractivity contribution in [2.75, 3.05) is 0 Å². The molecule has 1 spiro atoms. The lowest BCUT2D eigenvalue weighted by molar-refractivity contribution is -0.134. The fourth-order valence-corrected chi connectivity index (χ4v) is 4.12. The van der Waals surface area contributed by atoms with E-state index in [1.807, 2.05) is 0 Å². The van der Waals surface area contributed by atoms with E-state index < -0.39 is 0 Å². The Morgan fingerprint density at radius 2 is 2.00 bits per heavy atom. The van der Waals surface area contributed by atoms with Gasteiger partial charge in [0.05, 0.1) is 11.7 Å². The number of hydrogen-bond acceptors (Lipinski definition) is 2. The average molecular weight is 264 g/mol. The number of hydrogen-bond donors (Lipinski definition) is 1. The van der Waals surface area contributed by atoms with Crippen molar-refractivity contribution in [1.82, 2.24) is 10.2 Å². The van der Waals surface area contributed by atoms with Crippen LogP contribution in [0.25, 0.3) is 0 Å². The molecule has 2 aliphatic carbocycles. The summed E-state index contributed by atoms with van der Waals surface area (Å²) in [5.74, 6) is 1.14. The molecular formula is C16H28N2O. The molecule has 0 aromatic heterocycles. The van der Waals surface area contributed by atoms with Crippen LogP contribution in [0.2, 0.25) is 0 Å². The molecule has 1 N–H and O–H groups in total. The van der Waals surface area contributed by atoms with Gasteiger partial charge in [0.1, 0.15) is 0 Å². The molecule has 0 bridgehead atoms. The first-order valence-corrected chi connectivity index (χ1v) is 8.28. The molecule has 0 aromatic rings. The Bertz CT molecular complexity index is 345. The van der Waals surface area contributed by atoms with Crippen LogP contribution in [0.4, 0.5) is 0 Å². The van der Waals surface area contributed by atoms with Crippen molar-refractivity contribution in [3.05, 3.63) is 0 Å². The zero-order chi connectivity index (χ0) is 13.5. The number of amides is 1. The molecule has 1 heterocycles. The van der Waals surface area contributed by atoms with Crippen molar-refractivity contribution in [3.8, 4) is 0 Å². The molecule has 1 saturated heterocycles. The molecule has 3 fully saturated rings. The maximum absolute atomic E-state index is 12.7. The van der Waals surface area contributed by atoms with Gasteiger partial charge >= 0.3 is 0 Å². The molecular weight excluding hydrogens is 236 g/mol. The molecule has 3 heteroatoms. The van der Waals surface area contributed by atoms with Gasteiger partial charge in [-0.1, -0.05) is 32.6 Å². The Balaban J connectivity index is 1.73. The van der Waals surface area contributed by atoms with E-state index in [-0.39, 0.29) is 5.54 Å². The van der Waals surface area contributed by atoms with Crippen LogP contribution >= 0.6 is 0 Å². The van der Waals surface area contributed by atoms with Crippen LogP contribution < -0.4 is 5.32 Å².